The Hall–Kier alpha value is -1.57. The summed E-state index contributed by atoms with van der Waals surface area (Å²) in [4.78, 5) is 23.4. The largest absolute Gasteiger partial charge is 0.483 e. The zero-order chi connectivity index (χ0) is 17.7. The van der Waals surface area contributed by atoms with Crippen LogP contribution < -0.4 is 10.1 Å². The van der Waals surface area contributed by atoms with E-state index in [1.165, 1.54) is 7.11 Å². The molecule has 0 aliphatic rings. The van der Waals surface area contributed by atoms with Crippen LogP contribution in [0.15, 0.2) is 45.3 Å². The second kappa shape index (κ2) is 8.50. The van der Waals surface area contributed by atoms with E-state index in [0.29, 0.717) is 26.5 Å². The molecule has 0 unspecified atom stereocenters. The number of halogens is 3. The van der Waals surface area contributed by atoms with Gasteiger partial charge in [0.2, 0.25) is 0 Å². The third kappa shape index (κ3) is 4.96. The molecule has 0 saturated heterocycles. The second-order valence-corrected chi connectivity index (χ2v) is 6.78. The van der Waals surface area contributed by atoms with Crippen LogP contribution in [0.5, 0.6) is 5.75 Å². The third-order valence-corrected chi connectivity index (χ3v) is 4.34. The molecular weight excluding hydrogens is 465 g/mol. The molecule has 2 aromatic carbocycles. The van der Waals surface area contributed by atoms with Crippen molar-refractivity contribution < 1.29 is 19.1 Å². The van der Waals surface area contributed by atoms with Gasteiger partial charge in [-0.25, -0.2) is 4.79 Å². The minimum absolute atomic E-state index is 0.206. The Kier molecular flexibility index (Phi) is 6.65. The molecule has 5 nitrogen and oxygen atoms in total. The number of esters is 1. The van der Waals surface area contributed by atoms with E-state index in [9.17, 15) is 9.59 Å². The lowest BCUT2D eigenvalue weighted by Crippen LogP contribution is -2.20. The number of nitrogens with one attached hydrogen (secondary N) is 1. The lowest BCUT2D eigenvalue weighted by Gasteiger charge is -2.10. The molecule has 0 aliphatic carbocycles. The number of hydrogen-bond acceptors (Lipinski definition) is 4. The van der Waals surface area contributed by atoms with Crippen molar-refractivity contribution in [1.82, 2.24) is 0 Å². The first kappa shape index (κ1) is 18.8. The Balaban J connectivity index is 1.97. The molecule has 2 rings (SSSR count). The quantitative estimate of drug-likeness (QED) is 0.636. The van der Waals surface area contributed by atoms with Crippen molar-refractivity contribution in [1.29, 1.82) is 0 Å². The van der Waals surface area contributed by atoms with Crippen molar-refractivity contribution >= 4 is 61.0 Å². The zero-order valence-electron chi connectivity index (χ0n) is 12.4. The molecule has 0 fully saturated rings. The van der Waals surface area contributed by atoms with Gasteiger partial charge in [-0.1, -0.05) is 27.5 Å². The molecule has 0 bridgehead atoms. The summed E-state index contributed by atoms with van der Waals surface area (Å²) in [6.07, 6.45) is 0. The minimum Gasteiger partial charge on any atom is -0.483 e. The highest BCUT2D eigenvalue weighted by Crippen LogP contribution is 2.27. The molecule has 126 valence electrons. The molecule has 0 atom stereocenters. The van der Waals surface area contributed by atoms with Gasteiger partial charge >= 0.3 is 5.97 Å². The molecule has 0 spiro atoms. The summed E-state index contributed by atoms with van der Waals surface area (Å²) in [5.41, 5.74) is 0.872. The van der Waals surface area contributed by atoms with Crippen LogP contribution in [0.1, 0.15) is 10.4 Å². The van der Waals surface area contributed by atoms with Gasteiger partial charge in [-0.2, -0.15) is 0 Å². The summed E-state index contributed by atoms with van der Waals surface area (Å²) >= 11 is 12.6. The summed E-state index contributed by atoms with van der Waals surface area (Å²) in [5, 5.41) is 3.08. The molecule has 0 heterocycles. The molecular formula is C16H12Br2ClNO4. The van der Waals surface area contributed by atoms with Crippen molar-refractivity contribution in [3.8, 4) is 5.75 Å². The Bertz CT molecular complexity index is 783. The Morgan fingerprint density at radius 3 is 2.54 bits per heavy atom. The van der Waals surface area contributed by atoms with E-state index in [4.69, 9.17) is 16.3 Å². The smallest absolute Gasteiger partial charge is 0.337 e. The van der Waals surface area contributed by atoms with Gasteiger partial charge in [-0.05, 0) is 52.3 Å². The maximum Gasteiger partial charge on any atom is 0.337 e. The maximum absolute atomic E-state index is 12.0. The van der Waals surface area contributed by atoms with Gasteiger partial charge in [-0.15, -0.1) is 0 Å². The minimum atomic E-state index is -0.454. The second-order valence-electron chi connectivity index (χ2n) is 4.60. The van der Waals surface area contributed by atoms with Gasteiger partial charge < -0.3 is 14.8 Å². The van der Waals surface area contributed by atoms with Crippen molar-refractivity contribution in [3.05, 3.63) is 55.9 Å². The van der Waals surface area contributed by atoms with E-state index >= 15 is 0 Å². The van der Waals surface area contributed by atoms with E-state index < -0.39 is 5.97 Å². The SMILES string of the molecule is COC(=O)c1ccc(OCC(=O)Nc2ccc(Br)cc2Cl)c(Br)c1. The monoisotopic (exact) mass is 475 g/mol. The van der Waals surface area contributed by atoms with Crippen LogP contribution >= 0.6 is 43.5 Å². The van der Waals surface area contributed by atoms with E-state index in [2.05, 4.69) is 41.9 Å². The fraction of sp³-hybridized carbons (Fsp3) is 0.125. The fourth-order valence-electron chi connectivity index (χ4n) is 1.78. The number of amides is 1. The van der Waals surface area contributed by atoms with Crippen LogP contribution in [0, 0.1) is 0 Å². The highest BCUT2D eigenvalue weighted by molar-refractivity contribution is 9.10. The summed E-state index contributed by atoms with van der Waals surface area (Å²) < 4.78 is 11.4. The average Bonchev–Trinajstić information content (AvgIpc) is 2.55. The number of carbonyl (C=O) groups excluding carboxylic acids is 2. The summed E-state index contributed by atoms with van der Waals surface area (Å²) in [6, 6.07) is 9.83. The van der Waals surface area contributed by atoms with Gasteiger partial charge in [0.25, 0.3) is 5.91 Å². The van der Waals surface area contributed by atoms with Crippen LogP contribution in [-0.4, -0.2) is 25.6 Å². The maximum atomic E-state index is 12.0. The number of carbonyl (C=O) groups is 2. The van der Waals surface area contributed by atoms with Crippen LogP contribution in [0.4, 0.5) is 5.69 Å². The van der Waals surface area contributed by atoms with Crippen LogP contribution in [0.25, 0.3) is 0 Å². The van der Waals surface area contributed by atoms with E-state index in [0.717, 1.165) is 4.47 Å². The van der Waals surface area contributed by atoms with Gasteiger partial charge in [-0.3, -0.25) is 4.79 Å². The predicted molar refractivity (Wildman–Crippen MR) is 98.8 cm³/mol. The first-order valence-electron chi connectivity index (χ1n) is 6.66. The van der Waals surface area contributed by atoms with Crippen molar-refractivity contribution in [3.63, 3.8) is 0 Å². The van der Waals surface area contributed by atoms with Gasteiger partial charge in [0.1, 0.15) is 5.75 Å². The average molecular weight is 478 g/mol. The third-order valence-electron chi connectivity index (χ3n) is 2.92. The molecule has 2 aromatic rings. The standard InChI is InChI=1S/C16H12Br2ClNO4/c1-23-16(22)9-2-5-14(11(18)6-9)24-8-15(21)20-13-4-3-10(17)7-12(13)19/h2-7H,8H2,1H3,(H,20,21). The number of benzene rings is 2. The number of ether oxygens (including phenoxy) is 2. The number of methoxy groups -OCH3 is 1. The van der Waals surface area contributed by atoms with Gasteiger partial charge in [0.15, 0.2) is 6.61 Å². The molecule has 0 saturated carbocycles. The topological polar surface area (TPSA) is 64.6 Å². The van der Waals surface area contributed by atoms with Crippen molar-refractivity contribution in [2.75, 3.05) is 19.0 Å². The Labute approximate surface area is 160 Å². The number of anilines is 1. The first-order valence-corrected chi connectivity index (χ1v) is 8.62. The first-order chi connectivity index (χ1) is 11.4. The molecule has 24 heavy (non-hydrogen) atoms. The van der Waals surface area contributed by atoms with Crippen LogP contribution in [-0.2, 0) is 9.53 Å². The van der Waals surface area contributed by atoms with Crippen molar-refractivity contribution in [2.45, 2.75) is 0 Å². The molecule has 0 aliphatic heterocycles. The van der Waals surface area contributed by atoms with Gasteiger partial charge in [0, 0.05) is 4.47 Å². The van der Waals surface area contributed by atoms with E-state index in [-0.39, 0.29) is 12.5 Å². The molecule has 1 amide bonds. The highest BCUT2D eigenvalue weighted by Gasteiger charge is 2.11. The lowest BCUT2D eigenvalue weighted by molar-refractivity contribution is -0.118. The molecule has 0 aromatic heterocycles. The fourth-order valence-corrected chi connectivity index (χ4v) is 3.00. The molecule has 8 heteroatoms. The Morgan fingerprint density at radius 2 is 1.92 bits per heavy atom. The highest BCUT2D eigenvalue weighted by atomic mass is 79.9. The van der Waals surface area contributed by atoms with Crippen LogP contribution in [0.2, 0.25) is 5.02 Å². The molecule has 1 N–H and O–H groups in total. The predicted octanol–water partition coefficient (Wildman–Crippen LogP) is 4.67. The number of hydrogen-bond donors (Lipinski definition) is 1. The van der Waals surface area contributed by atoms with Crippen LogP contribution in [0.3, 0.4) is 0 Å². The summed E-state index contributed by atoms with van der Waals surface area (Å²) in [5.74, 6) is -0.382. The summed E-state index contributed by atoms with van der Waals surface area (Å²) in [7, 11) is 1.30. The Morgan fingerprint density at radius 1 is 1.17 bits per heavy atom. The van der Waals surface area contributed by atoms with E-state index in [1.54, 1.807) is 36.4 Å². The number of rotatable bonds is 5. The van der Waals surface area contributed by atoms with E-state index in [1.807, 2.05) is 0 Å². The van der Waals surface area contributed by atoms with Crippen molar-refractivity contribution in [2.24, 2.45) is 0 Å². The summed E-state index contributed by atoms with van der Waals surface area (Å²) in [6.45, 7) is -0.206. The zero-order valence-corrected chi connectivity index (χ0v) is 16.4. The lowest BCUT2D eigenvalue weighted by atomic mass is 10.2. The van der Waals surface area contributed by atoms with Gasteiger partial charge in [0.05, 0.1) is 27.9 Å². The normalized spacial score (nSPS) is 10.2. The molecule has 0 radical (unpaired) electrons.